The van der Waals surface area contributed by atoms with Gasteiger partial charge in [-0.3, -0.25) is 24.4 Å². The highest BCUT2D eigenvalue weighted by Gasteiger charge is 2.58. The van der Waals surface area contributed by atoms with Crippen LogP contribution < -0.4 is 10.6 Å². The predicted octanol–water partition coefficient (Wildman–Crippen LogP) is 0.843. The molecule has 0 aromatic heterocycles. The summed E-state index contributed by atoms with van der Waals surface area (Å²) in [5.74, 6) is 0.531. The number of aliphatic imine (C=N–C) groups is 1. The fourth-order valence-electron chi connectivity index (χ4n) is 5.41. The molecule has 2 amide bonds. The number of allylic oxidation sites excluding steroid dienone is 2. The summed E-state index contributed by atoms with van der Waals surface area (Å²) in [4.78, 5) is 32.3. The van der Waals surface area contributed by atoms with Crippen LogP contribution in [-0.2, 0) is 9.59 Å². The summed E-state index contributed by atoms with van der Waals surface area (Å²) in [6.45, 7) is 1.16. The Balaban J connectivity index is 1.19. The lowest BCUT2D eigenvalue weighted by molar-refractivity contribution is -0.144. The van der Waals surface area contributed by atoms with Gasteiger partial charge in [-0.15, -0.1) is 0 Å². The van der Waals surface area contributed by atoms with Crippen molar-refractivity contribution >= 4 is 17.8 Å². The molecule has 7 nitrogen and oxygen atoms in total. The first kappa shape index (κ1) is 21.1. The quantitative estimate of drug-likeness (QED) is 0.284. The second-order valence-electron chi connectivity index (χ2n) is 8.71. The monoisotopic (exact) mass is 427 g/mol. The van der Waals surface area contributed by atoms with E-state index in [9.17, 15) is 22.8 Å². The molecule has 1 saturated carbocycles. The summed E-state index contributed by atoms with van der Waals surface area (Å²) < 4.78 is 37.5. The van der Waals surface area contributed by atoms with E-state index in [0.29, 0.717) is 38.6 Å². The van der Waals surface area contributed by atoms with E-state index in [-0.39, 0.29) is 47.9 Å². The fourth-order valence-corrected chi connectivity index (χ4v) is 5.41. The van der Waals surface area contributed by atoms with Gasteiger partial charge in [-0.05, 0) is 37.1 Å². The number of hydrogen-bond acceptors (Lipinski definition) is 4. The van der Waals surface area contributed by atoms with Crippen molar-refractivity contribution in [2.24, 2.45) is 34.6 Å². The average Bonchev–Trinajstić information content (AvgIpc) is 3.44. The molecular formula is C20H28F3N5O2. The Morgan fingerprint density at radius 1 is 1.17 bits per heavy atom. The van der Waals surface area contributed by atoms with Crippen LogP contribution in [0.25, 0.3) is 0 Å². The molecule has 2 heterocycles. The van der Waals surface area contributed by atoms with Crippen LogP contribution in [-0.4, -0.2) is 80.1 Å². The third kappa shape index (κ3) is 4.19. The number of alkyl halides is 3. The molecule has 2 bridgehead atoms. The molecule has 10 heteroatoms. The minimum Gasteiger partial charge on any atom is -0.356 e. The minimum absolute atomic E-state index is 0.0673. The molecule has 4 aliphatic rings. The van der Waals surface area contributed by atoms with Crippen LogP contribution in [0.3, 0.4) is 0 Å². The number of amides is 2. The van der Waals surface area contributed by atoms with E-state index in [1.54, 1.807) is 7.05 Å². The van der Waals surface area contributed by atoms with Gasteiger partial charge in [-0.25, -0.2) is 0 Å². The number of hydrogen-bond donors (Lipinski definition) is 2. The number of likely N-dealkylation sites (tertiary alicyclic amines) is 2. The molecule has 0 spiro atoms. The summed E-state index contributed by atoms with van der Waals surface area (Å²) >= 11 is 0. The summed E-state index contributed by atoms with van der Waals surface area (Å²) in [5, 5.41) is 6.24. The van der Waals surface area contributed by atoms with Crippen molar-refractivity contribution < 1.29 is 22.8 Å². The molecule has 166 valence electrons. The van der Waals surface area contributed by atoms with Gasteiger partial charge in [0.1, 0.15) is 0 Å². The van der Waals surface area contributed by atoms with Crippen molar-refractivity contribution in [3.8, 4) is 0 Å². The second-order valence-corrected chi connectivity index (χ2v) is 8.71. The Morgan fingerprint density at radius 3 is 2.43 bits per heavy atom. The first-order valence-electron chi connectivity index (χ1n) is 10.5. The third-order valence-electron chi connectivity index (χ3n) is 6.74. The lowest BCUT2D eigenvalue weighted by Crippen LogP contribution is -2.45. The molecule has 0 aromatic carbocycles. The number of carbonyl (C=O) groups excluding carboxylic acids is 2. The van der Waals surface area contributed by atoms with E-state index in [1.807, 2.05) is 0 Å². The Kier molecular flexibility index (Phi) is 5.78. The number of guanidine groups is 1. The molecule has 30 heavy (non-hydrogen) atoms. The molecule has 2 aliphatic carbocycles. The number of imide groups is 1. The molecule has 2 N–H and O–H groups in total. The van der Waals surface area contributed by atoms with Crippen LogP contribution in [0.1, 0.15) is 12.8 Å². The van der Waals surface area contributed by atoms with Crippen LogP contribution >= 0.6 is 0 Å². The van der Waals surface area contributed by atoms with Crippen molar-refractivity contribution in [3.63, 3.8) is 0 Å². The molecule has 2 aliphatic heterocycles. The Hall–Kier alpha value is -2.10. The first-order chi connectivity index (χ1) is 14.3. The van der Waals surface area contributed by atoms with Gasteiger partial charge in [0.15, 0.2) is 5.96 Å². The van der Waals surface area contributed by atoms with E-state index in [1.165, 1.54) is 9.80 Å². The highest BCUT2D eigenvalue weighted by atomic mass is 19.4. The molecule has 2 saturated heterocycles. The van der Waals surface area contributed by atoms with E-state index in [4.69, 9.17) is 0 Å². The Labute approximate surface area is 173 Å². The van der Waals surface area contributed by atoms with Crippen molar-refractivity contribution in [2.75, 3.05) is 46.3 Å². The lowest BCUT2D eigenvalue weighted by atomic mass is 9.85. The maximum Gasteiger partial charge on any atom is 0.401 e. The normalized spacial score (nSPS) is 33.7. The molecule has 3 fully saturated rings. The van der Waals surface area contributed by atoms with Gasteiger partial charge in [0, 0.05) is 33.2 Å². The smallest absolute Gasteiger partial charge is 0.356 e. The highest BCUT2D eigenvalue weighted by molar-refractivity contribution is 6.06. The zero-order chi connectivity index (χ0) is 21.5. The SMILES string of the molecule is CN=C(NCCN1C(=O)C2C3C=CC(C3)C2C1=O)NCC1CCN(CC(F)(F)F)C1. The summed E-state index contributed by atoms with van der Waals surface area (Å²) in [6, 6.07) is 0. The van der Waals surface area contributed by atoms with Gasteiger partial charge < -0.3 is 10.6 Å². The van der Waals surface area contributed by atoms with Crippen LogP contribution in [0.15, 0.2) is 17.1 Å². The van der Waals surface area contributed by atoms with Gasteiger partial charge >= 0.3 is 6.18 Å². The van der Waals surface area contributed by atoms with E-state index >= 15 is 0 Å². The fraction of sp³-hybridized carbons (Fsp3) is 0.750. The van der Waals surface area contributed by atoms with Gasteiger partial charge in [-0.1, -0.05) is 12.2 Å². The van der Waals surface area contributed by atoms with Crippen LogP contribution in [0.5, 0.6) is 0 Å². The average molecular weight is 427 g/mol. The van der Waals surface area contributed by atoms with E-state index < -0.39 is 12.7 Å². The minimum atomic E-state index is -4.17. The predicted molar refractivity (Wildman–Crippen MR) is 104 cm³/mol. The van der Waals surface area contributed by atoms with Gasteiger partial charge in [0.05, 0.1) is 18.4 Å². The zero-order valence-corrected chi connectivity index (χ0v) is 17.0. The highest BCUT2D eigenvalue weighted by Crippen LogP contribution is 2.52. The van der Waals surface area contributed by atoms with E-state index in [0.717, 1.165) is 6.42 Å². The zero-order valence-electron chi connectivity index (χ0n) is 17.0. The van der Waals surface area contributed by atoms with Crippen molar-refractivity contribution in [2.45, 2.75) is 19.0 Å². The molecule has 0 radical (unpaired) electrons. The van der Waals surface area contributed by atoms with Crippen LogP contribution in [0, 0.1) is 29.6 Å². The summed E-state index contributed by atoms with van der Waals surface area (Å²) in [6.07, 6.45) is 1.60. The van der Waals surface area contributed by atoms with Gasteiger partial charge in [-0.2, -0.15) is 13.2 Å². The molecular weight excluding hydrogens is 399 g/mol. The molecule has 4 rings (SSSR count). The topological polar surface area (TPSA) is 77.0 Å². The maximum absolute atomic E-state index is 12.7. The molecule has 5 atom stereocenters. The number of nitrogens with zero attached hydrogens (tertiary/aromatic N) is 3. The number of fused-ring (bicyclic) bond motifs is 5. The Bertz CT molecular complexity index is 723. The van der Waals surface area contributed by atoms with Crippen molar-refractivity contribution in [1.82, 2.24) is 20.4 Å². The first-order valence-corrected chi connectivity index (χ1v) is 10.5. The van der Waals surface area contributed by atoms with Gasteiger partial charge in [0.2, 0.25) is 11.8 Å². The molecule has 5 unspecified atom stereocenters. The van der Waals surface area contributed by atoms with Gasteiger partial charge in [0.25, 0.3) is 0 Å². The second kappa shape index (κ2) is 8.20. The number of nitrogens with one attached hydrogen (secondary N) is 2. The summed E-state index contributed by atoms with van der Waals surface area (Å²) in [7, 11) is 1.61. The van der Waals surface area contributed by atoms with E-state index in [2.05, 4.69) is 27.8 Å². The Morgan fingerprint density at radius 2 is 1.83 bits per heavy atom. The van der Waals surface area contributed by atoms with Crippen LogP contribution in [0.4, 0.5) is 13.2 Å². The lowest BCUT2D eigenvalue weighted by Gasteiger charge is -2.20. The number of halogens is 3. The van der Waals surface area contributed by atoms with Crippen molar-refractivity contribution in [3.05, 3.63) is 12.2 Å². The van der Waals surface area contributed by atoms with Crippen molar-refractivity contribution in [1.29, 1.82) is 0 Å². The third-order valence-corrected chi connectivity index (χ3v) is 6.74. The summed E-state index contributed by atoms with van der Waals surface area (Å²) in [5.41, 5.74) is 0. The largest absolute Gasteiger partial charge is 0.401 e. The molecule has 0 aromatic rings. The number of rotatable bonds is 6. The van der Waals surface area contributed by atoms with Crippen LogP contribution in [0.2, 0.25) is 0 Å². The standard InChI is InChI=1S/C20H28F3N5O2/c1-24-19(26-9-12-4-6-27(10-12)11-20(21,22)23)25-5-7-28-17(29)15-13-2-3-14(8-13)16(15)18(28)30/h2-3,12-16H,4-11H2,1H3,(H2,24,25,26). The number of carbonyl (C=O) groups is 2. The maximum atomic E-state index is 12.7.